The predicted octanol–water partition coefficient (Wildman–Crippen LogP) is 2.08. The van der Waals surface area contributed by atoms with Crippen LogP contribution in [0.2, 0.25) is 0 Å². The van der Waals surface area contributed by atoms with Crippen molar-refractivity contribution in [3.8, 4) is 5.75 Å². The number of phenolic OH excluding ortho intramolecular Hbond substituents is 1. The topological polar surface area (TPSA) is 70.9 Å². The number of hydrogen-bond acceptors (Lipinski definition) is 4. The maximum Gasteiger partial charge on any atom is 0.273 e. The van der Waals surface area contributed by atoms with Crippen molar-refractivity contribution in [3.05, 3.63) is 65.2 Å². The van der Waals surface area contributed by atoms with Gasteiger partial charge in [-0.15, -0.1) is 0 Å². The molecule has 114 valence electrons. The van der Waals surface area contributed by atoms with Gasteiger partial charge in [0.2, 0.25) is 0 Å². The van der Waals surface area contributed by atoms with Crippen LogP contribution >= 0.6 is 0 Å². The first-order valence-corrected chi connectivity index (χ1v) is 6.85. The molecule has 0 aliphatic carbocycles. The van der Waals surface area contributed by atoms with Crippen LogP contribution in [-0.2, 0) is 16.1 Å². The number of rotatable bonds is 5. The largest absolute Gasteiger partial charge is 0.508 e. The Balaban J connectivity index is 2.21. The molecule has 0 saturated carbocycles. The minimum absolute atomic E-state index is 0.221. The number of carbonyl (C=O) groups excluding carboxylic acids is 1. The van der Waals surface area contributed by atoms with E-state index in [9.17, 15) is 9.90 Å². The van der Waals surface area contributed by atoms with Crippen molar-refractivity contribution in [2.45, 2.75) is 6.42 Å². The highest BCUT2D eigenvalue weighted by Crippen LogP contribution is 2.20. The summed E-state index contributed by atoms with van der Waals surface area (Å²) >= 11 is 0. The summed E-state index contributed by atoms with van der Waals surface area (Å²) in [5.41, 5.74) is 2.77. The van der Waals surface area contributed by atoms with Crippen LogP contribution in [0.25, 0.3) is 0 Å². The lowest BCUT2D eigenvalue weighted by Crippen LogP contribution is -2.28. The summed E-state index contributed by atoms with van der Waals surface area (Å²) in [5.74, 6) is -0.0334. The Morgan fingerprint density at radius 3 is 2.45 bits per heavy atom. The molecule has 2 N–H and O–H groups in total. The van der Waals surface area contributed by atoms with Gasteiger partial charge < -0.3 is 15.3 Å². The molecule has 2 rings (SSSR count). The zero-order valence-electron chi connectivity index (χ0n) is 12.5. The summed E-state index contributed by atoms with van der Waals surface area (Å²) in [6, 6.07) is 14.6. The second kappa shape index (κ2) is 7.26. The lowest BCUT2D eigenvalue weighted by Gasteiger charge is -2.07. The number of carbonyl (C=O) groups is 1. The average molecular weight is 298 g/mol. The predicted molar refractivity (Wildman–Crippen MR) is 85.0 cm³/mol. The monoisotopic (exact) mass is 298 g/mol. The standard InChI is InChI=1S/C17H18N2O3/c1-18-17(21)16(19-22-2)13-9-7-12(8-10-13)11-14-5-3-4-6-15(14)20/h3-10,20H,11H2,1-2H3,(H,18,21)/b19-16+. The molecule has 0 fully saturated rings. The highest BCUT2D eigenvalue weighted by atomic mass is 16.6. The van der Waals surface area contributed by atoms with Gasteiger partial charge in [0, 0.05) is 19.0 Å². The van der Waals surface area contributed by atoms with Crippen molar-refractivity contribution in [3.63, 3.8) is 0 Å². The van der Waals surface area contributed by atoms with E-state index >= 15 is 0 Å². The van der Waals surface area contributed by atoms with Crippen molar-refractivity contribution < 1.29 is 14.7 Å². The van der Waals surface area contributed by atoms with Crippen LogP contribution in [0.5, 0.6) is 5.75 Å². The van der Waals surface area contributed by atoms with Gasteiger partial charge in [-0.2, -0.15) is 0 Å². The summed E-state index contributed by atoms with van der Waals surface area (Å²) in [6.07, 6.45) is 0.615. The van der Waals surface area contributed by atoms with Crippen LogP contribution in [0.4, 0.5) is 0 Å². The highest BCUT2D eigenvalue weighted by Gasteiger charge is 2.13. The number of para-hydroxylation sites is 1. The van der Waals surface area contributed by atoms with Gasteiger partial charge >= 0.3 is 0 Å². The smallest absolute Gasteiger partial charge is 0.273 e. The van der Waals surface area contributed by atoms with Gasteiger partial charge in [0.25, 0.3) is 5.91 Å². The molecule has 5 nitrogen and oxygen atoms in total. The van der Waals surface area contributed by atoms with Gasteiger partial charge in [-0.25, -0.2) is 0 Å². The van der Waals surface area contributed by atoms with E-state index in [0.717, 1.165) is 11.1 Å². The van der Waals surface area contributed by atoms with E-state index in [1.54, 1.807) is 19.2 Å². The molecule has 0 aromatic heterocycles. The third-order valence-corrected chi connectivity index (χ3v) is 3.24. The highest BCUT2D eigenvalue weighted by molar-refractivity contribution is 6.45. The molecular formula is C17H18N2O3. The molecule has 1 amide bonds. The fraction of sp³-hybridized carbons (Fsp3) is 0.176. The first-order chi connectivity index (χ1) is 10.7. The van der Waals surface area contributed by atoms with Crippen LogP contribution in [0.1, 0.15) is 16.7 Å². The van der Waals surface area contributed by atoms with Crippen LogP contribution in [-0.4, -0.2) is 30.9 Å². The summed E-state index contributed by atoms with van der Waals surface area (Å²) < 4.78 is 0. The van der Waals surface area contributed by atoms with E-state index < -0.39 is 0 Å². The van der Waals surface area contributed by atoms with Crippen molar-refractivity contribution in [1.29, 1.82) is 0 Å². The molecule has 0 heterocycles. The molecule has 22 heavy (non-hydrogen) atoms. The average Bonchev–Trinajstić information content (AvgIpc) is 2.55. The number of hydrogen-bond donors (Lipinski definition) is 2. The maximum atomic E-state index is 11.8. The minimum atomic E-state index is -0.310. The van der Waals surface area contributed by atoms with E-state index in [1.807, 2.05) is 36.4 Å². The Labute approximate surface area is 129 Å². The normalized spacial score (nSPS) is 11.1. The summed E-state index contributed by atoms with van der Waals surface area (Å²) in [6.45, 7) is 0. The Bertz CT molecular complexity index is 679. The third kappa shape index (κ3) is 3.63. The van der Waals surface area contributed by atoms with Crippen LogP contribution < -0.4 is 5.32 Å². The van der Waals surface area contributed by atoms with Gasteiger partial charge in [0.15, 0.2) is 5.71 Å². The van der Waals surface area contributed by atoms with Crippen LogP contribution in [0, 0.1) is 0 Å². The van der Waals surface area contributed by atoms with Gasteiger partial charge in [0.1, 0.15) is 12.9 Å². The molecule has 2 aromatic carbocycles. The molecule has 0 atom stereocenters. The number of benzene rings is 2. The van der Waals surface area contributed by atoms with Crippen molar-refractivity contribution >= 4 is 11.6 Å². The molecule has 2 aromatic rings. The SMILES string of the molecule is CNC(=O)/C(=N/OC)c1ccc(Cc2ccccc2O)cc1. The Morgan fingerprint density at radius 2 is 1.86 bits per heavy atom. The Hall–Kier alpha value is -2.82. The third-order valence-electron chi connectivity index (χ3n) is 3.24. The molecule has 0 aliphatic rings. The van der Waals surface area contributed by atoms with E-state index in [4.69, 9.17) is 4.84 Å². The van der Waals surface area contributed by atoms with Gasteiger partial charge in [-0.3, -0.25) is 4.79 Å². The van der Waals surface area contributed by atoms with E-state index in [2.05, 4.69) is 10.5 Å². The Morgan fingerprint density at radius 1 is 1.18 bits per heavy atom. The zero-order chi connectivity index (χ0) is 15.9. The fourth-order valence-corrected chi connectivity index (χ4v) is 2.10. The number of amides is 1. The minimum Gasteiger partial charge on any atom is -0.508 e. The number of oxime groups is 1. The number of likely N-dealkylation sites (N-methyl/N-ethyl adjacent to an activating group) is 1. The molecular weight excluding hydrogens is 280 g/mol. The first-order valence-electron chi connectivity index (χ1n) is 6.85. The summed E-state index contributed by atoms with van der Waals surface area (Å²) in [7, 11) is 2.94. The molecule has 0 unspecified atom stereocenters. The maximum absolute atomic E-state index is 11.8. The Kier molecular flexibility index (Phi) is 5.14. The lowest BCUT2D eigenvalue weighted by atomic mass is 10.0. The van der Waals surface area contributed by atoms with E-state index in [-0.39, 0.29) is 17.4 Å². The molecule has 0 saturated heterocycles. The van der Waals surface area contributed by atoms with Crippen molar-refractivity contribution in [1.82, 2.24) is 5.32 Å². The van der Waals surface area contributed by atoms with Crippen LogP contribution in [0.3, 0.4) is 0 Å². The van der Waals surface area contributed by atoms with Crippen molar-refractivity contribution in [2.75, 3.05) is 14.2 Å². The van der Waals surface area contributed by atoms with E-state index in [1.165, 1.54) is 7.11 Å². The number of phenols is 1. The van der Waals surface area contributed by atoms with E-state index in [0.29, 0.717) is 12.0 Å². The second-order valence-electron chi connectivity index (χ2n) is 4.70. The van der Waals surface area contributed by atoms with Gasteiger partial charge in [0.05, 0.1) is 0 Å². The lowest BCUT2D eigenvalue weighted by molar-refractivity contribution is -0.114. The molecule has 0 aliphatic heterocycles. The fourth-order valence-electron chi connectivity index (χ4n) is 2.10. The first kappa shape index (κ1) is 15.6. The number of nitrogens with one attached hydrogen (secondary N) is 1. The number of nitrogens with zero attached hydrogens (tertiary/aromatic N) is 1. The van der Waals surface area contributed by atoms with Crippen molar-refractivity contribution in [2.24, 2.45) is 5.16 Å². The quantitative estimate of drug-likeness (QED) is 0.656. The molecule has 0 bridgehead atoms. The van der Waals surface area contributed by atoms with Gasteiger partial charge in [-0.05, 0) is 17.2 Å². The molecule has 5 heteroatoms. The summed E-state index contributed by atoms with van der Waals surface area (Å²) in [5, 5.41) is 16.1. The molecule has 0 radical (unpaired) electrons. The zero-order valence-corrected chi connectivity index (χ0v) is 12.5. The second-order valence-corrected chi connectivity index (χ2v) is 4.70. The summed E-state index contributed by atoms with van der Waals surface area (Å²) in [4.78, 5) is 16.5. The van der Waals surface area contributed by atoms with Crippen LogP contribution in [0.15, 0.2) is 53.7 Å². The number of aromatic hydroxyl groups is 1. The van der Waals surface area contributed by atoms with Gasteiger partial charge in [-0.1, -0.05) is 47.6 Å². The molecule has 0 spiro atoms.